The second kappa shape index (κ2) is 56.7. The first-order valence-electron chi connectivity index (χ1n) is 28.5. The first kappa shape index (κ1) is 63.3. The molecule has 0 rings (SSSR count). The molecule has 1 unspecified atom stereocenters. The van der Waals surface area contributed by atoms with Crippen LogP contribution in [0.15, 0.2) is 72.9 Å². The fraction of sp³-hybridized carbons (Fsp3) is 0.770. The molecule has 0 N–H and O–H groups in total. The van der Waals surface area contributed by atoms with Crippen molar-refractivity contribution in [3.05, 3.63) is 72.9 Å². The SMILES string of the molecule is CCCCC/C=C\C/C=C\C/C=C\CCCCCCCCC(=O)OCC(COCCCCCCCCCCCCCC)OC(=O)CCCCCCCC/C=C\C/C=C\C/C=C\CCCCC. The Kier molecular flexibility index (Phi) is 54.4. The summed E-state index contributed by atoms with van der Waals surface area (Å²) in [5.74, 6) is -0.418. The Morgan fingerprint density at radius 1 is 0.333 bits per heavy atom. The second-order valence-corrected chi connectivity index (χ2v) is 18.8. The van der Waals surface area contributed by atoms with Gasteiger partial charge in [0.2, 0.25) is 0 Å². The van der Waals surface area contributed by atoms with E-state index in [0.717, 1.165) is 89.9 Å². The van der Waals surface area contributed by atoms with Crippen LogP contribution in [0.1, 0.15) is 278 Å². The number of allylic oxidation sites excluding steroid dienone is 12. The van der Waals surface area contributed by atoms with Crippen molar-refractivity contribution in [3.63, 3.8) is 0 Å². The first-order chi connectivity index (χ1) is 32.6. The average molecular weight is 922 g/mol. The number of rotatable bonds is 52. The largest absolute Gasteiger partial charge is 0.462 e. The van der Waals surface area contributed by atoms with Gasteiger partial charge in [-0.2, -0.15) is 0 Å². The van der Waals surface area contributed by atoms with E-state index in [2.05, 4.69) is 93.7 Å². The van der Waals surface area contributed by atoms with Crippen molar-refractivity contribution in [1.29, 1.82) is 0 Å². The van der Waals surface area contributed by atoms with Crippen molar-refractivity contribution in [2.45, 2.75) is 284 Å². The smallest absolute Gasteiger partial charge is 0.306 e. The van der Waals surface area contributed by atoms with Gasteiger partial charge in [0.05, 0.1) is 6.61 Å². The second-order valence-electron chi connectivity index (χ2n) is 18.8. The predicted molar refractivity (Wildman–Crippen MR) is 288 cm³/mol. The minimum atomic E-state index is -0.549. The van der Waals surface area contributed by atoms with Crippen molar-refractivity contribution >= 4 is 11.9 Å². The molecule has 0 bridgehead atoms. The van der Waals surface area contributed by atoms with E-state index in [1.165, 1.54) is 154 Å². The zero-order chi connectivity index (χ0) is 47.7. The molecule has 0 amide bonds. The van der Waals surface area contributed by atoms with Gasteiger partial charge in [-0.25, -0.2) is 0 Å². The molecule has 0 aromatic carbocycles. The van der Waals surface area contributed by atoms with Crippen LogP contribution in [0.4, 0.5) is 0 Å². The Labute approximate surface area is 410 Å². The fourth-order valence-electron chi connectivity index (χ4n) is 7.94. The summed E-state index contributed by atoms with van der Waals surface area (Å²) in [6.45, 7) is 7.77. The van der Waals surface area contributed by atoms with Gasteiger partial charge >= 0.3 is 11.9 Å². The maximum Gasteiger partial charge on any atom is 0.306 e. The molecule has 0 spiro atoms. The van der Waals surface area contributed by atoms with E-state index in [9.17, 15) is 9.59 Å². The lowest BCUT2D eigenvalue weighted by molar-refractivity contribution is -0.163. The summed E-state index contributed by atoms with van der Waals surface area (Å²) in [4.78, 5) is 25.5. The number of ether oxygens (including phenoxy) is 3. The summed E-state index contributed by atoms with van der Waals surface area (Å²) < 4.78 is 17.4. The molecule has 0 aliphatic carbocycles. The monoisotopic (exact) mass is 921 g/mol. The number of hydrogen-bond donors (Lipinski definition) is 0. The van der Waals surface area contributed by atoms with Crippen LogP contribution in [-0.2, 0) is 23.8 Å². The maximum absolute atomic E-state index is 12.8. The maximum atomic E-state index is 12.8. The van der Waals surface area contributed by atoms with Gasteiger partial charge in [-0.15, -0.1) is 0 Å². The quantitative estimate of drug-likeness (QED) is 0.0346. The molecule has 382 valence electrons. The van der Waals surface area contributed by atoms with Crippen molar-refractivity contribution in [2.75, 3.05) is 19.8 Å². The van der Waals surface area contributed by atoms with Crippen LogP contribution in [0.25, 0.3) is 0 Å². The molecule has 1 atom stereocenters. The van der Waals surface area contributed by atoms with Crippen LogP contribution in [0.3, 0.4) is 0 Å². The summed E-state index contributed by atoms with van der Waals surface area (Å²) in [5.41, 5.74) is 0. The van der Waals surface area contributed by atoms with E-state index in [-0.39, 0.29) is 25.2 Å². The highest BCUT2D eigenvalue weighted by atomic mass is 16.6. The topological polar surface area (TPSA) is 61.8 Å². The van der Waals surface area contributed by atoms with Crippen molar-refractivity contribution in [2.24, 2.45) is 0 Å². The Morgan fingerprint density at radius 3 is 1.05 bits per heavy atom. The minimum absolute atomic E-state index is 0.0732. The van der Waals surface area contributed by atoms with Crippen molar-refractivity contribution in [3.8, 4) is 0 Å². The summed E-state index contributed by atoms with van der Waals surface area (Å²) in [6, 6.07) is 0. The highest BCUT2D eigenvalue weighted by Crippen LogP contribution is 2.15. The van der Waals surface area contributed by atoms with E-state index in [1.807, 2.05) is 0 Å². The fourth-order valence-corrected chi connectivity index (χ4v) is 7.94. The molecule has 0 fully saturated rings. The van der Waals surface area contributed by atoms with Gasteiger partial charge in [0.15, 0.2) is 6.10 Å². The molecule has 0 aromatic rings. The van der Waals surface area contributed by atoms with Gasteiger partial charge < -0.3 is 14.2 Å². The zero-order valence-electron chi connectivity index (χ0n) is 44.0. The average Bonchev–Trinajstić information content (AvgIpc) is 3.32. The van der Waals surface area contributed by atoms with Crippen LogP contribution in [0.2, 0.25) is 0 Å². The molecular formula is C61H108O5. The first-order valence-corrected chi connectivity index (χ1v) is 28.5. The third kappa shape index (κ3) is 54.0. The van der Waals surface area contributed by atoms with Crippen LogP contribution in [-0.4, -0.2) is 37.9 Å². The lowest BCUT2D eigenvalue weighted by Gasteiger charge is -2.18. The summed E-state index contributed by atoms with van der Waals surface area (Å²) in [7, 11) is 0. The summed E-state index contributed by atoms with van der Waals surface area (Å²) in [5, 5.41) is 0. The molecule has 0 aliphatic rings. The van der Waals surface area contributed by atoms with E-state index in [1.54, 1.807) is 0 Å². The van der Waals surface area contributed by atoms with Gasteiger partial charge in [0.1, 0.15) is 6.61 Å². The Morgan fingerprint density at radius 2 is 0.636 bits per heavy atom. The van der Waals surface area contributed by atoms with Gasteiger partial charge in [0, 0.05) is 19.4 Å². The minimum Gasteiger partial charge on any atom is -0.462 e. The van der Waals surface area contributed by atoms with E-state index < -0.39 is 6.10 Å². The Balaban J connectivity index is 4.29. The van der Waals surface area contributed by atoms with Crippen LogP contribution >= 0.6 is 0 Å². The van der Waals surface area contributed by atoms with Gasteiger partial charge in [0.25, 0.3) is 0 Å². The van der Waals surface area contributed by atoms with Crippen molar-refractivity contribution in [1.82, 2.24) is 0 Å². The Hall–Kier alpha value is -2.66. The predicted octanol–water partition coefficient (Wildman–Crippen LogP) is 19.5. The van der Waals surface area contributed by atoms with Gasteiger partial charge in [-0.05, 0) is 96.3 Å². The molecule has 0 aromatic heterocycles. The molecule has 0 heterocycles. The molecule has 66 heavy (non-hydrogen) atoms. The van der Waals surface area contributed by atoms with E-state index >= 15 is 0 Å². The lowest BCUT2D eigenvalue weighted by Crippen LogP contribution is -2.30. The number of carbonyl (C=O) groups is 2. The summed E-state index contributed by atoms with van der Waals surface area (Å²) >= 11 is 0. The molecule has 0 aliphatic heterocycles. The highest BCUT2D eigenvalue weighted by Gasteiger charge is 2.17. The highest BCUT2D eigenvalue weighted by molar-refractivity contribution is 5.70. The van der Waals surface area contributed by atoms with Crippen LogP contribution in [0, 0.1) is 0 Å². The van der Waals surface area contributed by atoms with Crippen molar-refractivity contribution < 1.29 is 23.8 Å². The zero-order valence-corrected chi connectivity index (χ0v) is 44.0. The van der Waals surface area contributed by atoms with Crippen LogP contribution in [0.5, 0.6) is 0 Å². The number of hydrogen-bond acceptors (Lipinski definition) is 5. The van der Waals surface area contributed by atoms with Crippen LogP contribution < -0.4 is 0 Å². The molecule has 0 radical (unpaired) electrons. The third-order valence-corrected chi connectivity index (χ3v) is 12.2. The number of carbonyl (C=O) groups excluding carboxylic acids is 2. The molecule has 0 saturated carbocycles. The normalized spacial score (nSPS) is 12.7. The van der Waals surface area contributed by atoms with Gasteiger partial charge in [-0.3, -0.25) is 9.59 Å². The number of unbranched alkanes of at least 4 members (excludes halogenated alkanes) is 29. The lowest BCUT2D eigenvalue weighted by atomic mass is 10.1. The standard InChI is InChI=1S/C61H108O5/c1-4-7-10-13-16-19-22-25-27-29-31-33-35-37-39-42-45-48-51-54-60(62)65-58-59(57-64-56-53-50-47-44-41-24-21-18-15-12-9-6-3)66-61(63)55-52-49-46-43-40-38-36-34-32-30-28-26-23-20-17-14-11-8-5-2/h16-17,19-20,25-28,31-34,59H,4-15,18,21-24,29-30,35-58H2,1-3H3/b19-16-,20-17-,27-25-,28-26-,33-31-,34-32-. The molecule has 0 saturated heterocycles. The third-order valence-electron chi connectivity index (χ3n) is 12.2. The van der Waals surface area contributed by atoms with Gasteiger partial charge in [-0.1, -0.05) is 241 Å². The molecule has 5 heteroatoms. The summed E-state index contributed by atoms with van der Waals surface area (Å²) in [6.07, 6.45) is 73.4. The number of esters is 2. The van der Waals surface area contributed by atoms with E-state index in [0.29, 0.717) is 19.4 Å². The Bertz CT molecular complexity index is 1180. The molecule has 5 nitrogen and oxygen atoms in total. The van der Waals surface area contributed by atoms with E-state index in [4.69, 9.17) is 14.2 Å². The molecular weight excluding hydrogens is 813 g/mol.